The Balaban J connectivity index is -0.0000000321. The number of carboxylic acids is 12. The van der Waals surface area contributed by atoms with Crippen LogP contribution in [-0.2, 0) is 179 Å². The van der Waals surface area contributed by atoms with Crippen LogP contribution in [0.5, 0.6) is 0 Å². The third-order valence-electron chi connectivity index (χ3n) is 3.60. The van der Waals surface area contributed by atoms with Crippen molar-refractivity contribution in [1.29, 1.82) is 0 Å². The molecule has 0 aliphatic carbocycles. The SMILES string of the molecule is O=C([O-])CS(=O)(=O)O.O=C([O-])CS(=O)(=O)O.O=C([O-])CS(=O)(=O)O.O=C([O-])CS(=O)(=O)O.O=C([O-])CS(=O)(=O)O.O=C([O-])CS(=O)(=O)O.O=C([O-])CS(=O)(=O)O.O=C([O-])CS(=O)(=O)O.O=C([O-])CS(=O)(=O)O.O=C([O-])CS(=O)(=O)O.O=C([O-])CS(=O)(=O)O.O=C([O-])CS(=O)(=O)O.[Na+].[Na+].[Na+].[Na+].[Na+].[Na+].[Na+].[Na+].[Na+].[Na+].[Na+].[Na+]. The van der Waals surface area contributed by atoms with Gasteiger partial charge in [0.2, 0.25) is 0 Å². The quantitative estimate of drug-likeness (QED) is 0.0315. The average Bonchev–Trinajstić information content (AvgIpc) is 3.08. The van der Waals surface area contributed by atoms with Gasteiger partial charge >= 0.3 is 355 Å². The van der Waals surface area contributed by atoms with Gasteiger partial charge in [-0.15, -0.1) is 0 Å². The second kappa shape index (κ2) is 87.9. The van der Waals surface area contributed by atoms with Crippen molar-refractivity contribution in [2.24, 2.45) is 0 Å². The molecule has 60 nitrogen and oxygen atoms in total. The van der Waals surface area contributed by atoms with E-state index in [1.165, 1.54) is 0 Å². The fourth-order valence-electron chi connectivity index (χ4n) is 1.79. The molecule has 0 aromatic rings. The number of aliphatic carboxylic acids is 12. The van der Waals surface area contributed by atoms with E-state index in [0.29, 0.717) is 0 Å². The largest absolute Gasteiger partial charge is 1.00 e. The van der Waals surface area contributed by atoms with E-state index in [1.807, 2.05) is 0 Å². The molecule has 0 bridgehead atoms. The van der Waals surface area contributed by atoms with E-state index < -0.39 is 262 Å². The summed E-state index contributed by atoms with van der Waals surface area (Å²) in [6.45, 7) is 0. The van der Waals surface area contributed by atoms with Crippen LogP contribution in [0.25, 0.3) is 0 Å². The molecule has 0 radical (unpaired) electrons. The molecule has 0 spiro atoms. The van der Waals surface area contributed by atoms with E-state index in [1.54, 1.807) is 0 Å². The number of hydrogen-bond donors (Lipinski definition) is 12. The molecule has 0 saturated heterocycles. The Morgan fingerprint density at radius 2 is 0.157 bits per heavy atom. The third-order valence-corrected chi connectivity index (χ3v) is 10.8. The van der Waals surface area contributed by atoms with Crippen molar-refractivity contribution in [2.75, 3.05) is 69.0 Å². The first kappa shape index (κ1) is 179. The standard InChI is InChI=1S/12C2H4O5S.12Na/c12*3-2(4)1-8(5,6)7;;;;;;;;;;;;/h12*1H2,(H,3,4)(H,5,6,7);;;;;;;;;;;;/q;;;;;;;;;;;;12*+1/p-12. The molecule has 0 unspecified atom stereocenters. The molecular formula is C24H36Na12O60S12. The molecule has 0 amide bonds. The van der Waals surface area contributed by atoms with E-state index in [9.17, 15) is 220 Å². The second-order valence-electron chi connectivity index (χ2n) is 13.2. The van der Waals surface area contributed by atoms with Crippen LogP contribution in [0.1, 0.15) is 0 Å². The van der Waals surface area contributed by atoms with E-state index >= 15 is 0 Å². The number of carbonyl (C=O) groups is 12. The number of rotatable bonds is 24. The van der Waals surface area contributed by atoms with Crippen LogP contribution < -0.4 is 416 Å². The summed E-state index contributed by atoms with van der Waals surface area (Å²) < 4.78 is 323. The van der Waals surface area contributed by atoms with Crippen LogP contribution in [-0.4, -0.2) is 296 Å². The van der Waals surface area contributed by atoms with Gasteiger partial charge in [0.15, 0.2) is 0 Å². The Morgan fingerprint density at radius 1 is 0.130 bits per heavy atom. The molecule has 84 heteroatoms. The minimum atomic E-state index is -4.39. The Kier molecular flexibility index (Phi) is 145. The van der Waals surface area contributed by atoms with Crippen molar-refractivity contribution in [1.82, 2.24) is 0 Å². The second-order valence-corrected chi connectivity index (χ2v) is 30.6. The number of hydrogen-bond acceptors (Lipinski definition) is 48. The Hall–Kier alpha value is 4.56. The van der Waals surface area contributed by atoms with Gasteiger partial charge in [0, 0.05) is 0 Å². The maximum atomic E-state index is 9.58. The molecule has 0 rings (SSSR count). The molecule has 0 aromatic carbocycles. The van der Waals surface area contributed by atoms with E-state index in [0.717, 1.165) is 0 Å². The predicted octanol–water partition coefficient (Wildman–Crippen LogP) is -64.5. The summed E-state index contributed by atoms with van der Waals surface area (Å²) in [5, 5.41) is 112. The van der Waals surface area contributed by atoms with Gasteiger partial charge in [0.05, 0.1) is 71.6 Å². The van der Waals surface area contributed by atoms with Gasteiger partial charge in [-0.05, 0) is 0 Å². The summed E-state index contributed by atoms with van der Waals surface area (Å²) in [4.78, 5) is 112. The van der Waals surface area contributed by atoms with Gasteiger partial charge < -0.3 is 119 Å². The summed E-state index contributed by atoms with van der Waals surface area (Å²) in [7, 11) is -52.6. The third kappa shape index (κ3) is 318. The summed E-state index contributed by atoms with van der Waals surface area (Å²) in [5.41, 5.74) is 0. The monoisotopic (exact) mass is 1940 g/mol. The first-order chi connectivity index (χ1) is 41.0. The van der Waals surface area contributed by atoms with Crippen LogP contribution in [0, 0.1) is 0 Å². The molecule has 0 heterocycles. The Labute approximate surface area is 874 Å². The Morgan fingerprint density at radius 3 is 0.157 bits per heavy atom. The molecule has 108 heavy (non-hydrogen) atoms. The number of carbonyl (C=O) groups excluding carboxylic acids is 12. The van der Waals surface area contributed by atoms with Crippen molar-refractivity contribution < 1.29 is 629 Å². The minimum absolute atomic E-state index is 0. The predicted molar refractivity (Wildman–Crippen MR) is 257 cm³/mol. The van der Waals surface area contributed by atoms with Crippen LogP contribution in [0.4, 0.5) is 0 Å². The zero-order chi connectivity index (χ0) is 81.4. The molecular weight excluding hydrogens is 1910 g/mol. The molecule has 0 saturated carbocycles. The van der Waals surface area contributed by atoms with Gasteiger partial charge in [-0.3, -0.25) is 54.6 Å². The summed E-state index contributed by atoms with van der Waals surface area (Å²) in [6.07, 6.45) is 0. The van der Waals surface area contributed by atoms with Crippen LogP contribution in [0.2, 0.25) is 0 Å². The molecule has 0 aliphatic heterocycles. The van der Waals surface area contributed by atoms with Crippen molar-refractivity contribution in [2.45, 2.75) is 0 Å². The van der Waals surface area contributed by atoms with E-state index in [2.05, 4.69) is 0 Å². The van der Waals surface area contributed by atoms with Gasteiger partial charge in [-0.2, -0.15) is 101 Å². The maximum Gasteiger partial charge on any atom is 1.00 e. The summed E-state index contributed by atoms with van der Waals surface area (Å²) in [5.74, 6) is -37.8. The average molecular weight is 1950 g/mol. The zero-order valence-electron chi connectivity index (χ0n) is 56.3. The van der Waals surface area contributed by atoms with Crippen molar-refractivity contribution in [3.63, 3.8) is 0 Å². The van der Waals surface area contributed by atoms with Crippen LogP contribution >= 0.6 is 0 Å². The molecule has 12 N–H and O–H groups in total. The van der Waals surface area contributed by atoms with Crippen molar-refractivity contribution in [3.8, 4) is 0 Å². The normalized spacial score (nSPS) is 9.89. The van der Waals surface area contributed by atoms with Crippen LogP contribution in [0.15, 0.2) is 0 Å². The fraction of sp³-hybridized carbons (Fsp3) is 0.500. The topological polar surface area (TPSA) is 1130 Å². The molecule has 0 atom stereocenters. The first-order valence-corrected chi connectivity index (χ1v) is 38.1. The Bertz CT molecular complexity index is 3120. The molecule has 0 fully saturated rings. The van der Waals surface area contributed by atoms with Gasteiger partial charge in [-0.25, -0.2) is 0 Å². The fourth-order valence-corrected chi connectivity index (χ4v) is 5.36. The first-order valence-electron chi connectivity index (χ1n) is 18.8. The minimum Gasteiger partial charge on any atom is -0.549 e. The summed E-state index contributed by atoms with van der Waals surface area (Å²) in [6, 6.07) is 0. The van der Waals surface area contributed by atoms with E-state index in [4.69, 9.17) is 54.6 Å². The van der Waals surface area contributed by atoms with Gasteiger partial charge in [0.25, 0.3) is 121 Å². The molecule has 576 valence electrons. The van der Waals surface area contributed by atoms with Crippen LogP contribution in [0.3, 0.4) is 0 Å². The molecule has 0 aliphatic rings. The van der Waals surface area contributed by atoms with Crippen molar-refractivity contribution >= 4 is 193 Å². The maximum absolute atomic E-state index is 9.58. The summed E-state index contributed by atoms with van der Waals surface area (Å²) >= 11 is 0. The van der Waals surface area contributed by atoms with Gasteiger partial charge in [-0.1, -0.05) is 0 Å². The van der Waals surface area contributed by atoms with Crippen molar-refractivity contribution in [3.05, 3.63) is 0 Å². The molecule has 0 aromatic heterocycles. The number of carboxylic acid groups (broad SMARTS) is 12. The smallest absolute Gasteiger partial charge is 0.549 e. The van der Waals surface area contributed by atoms with E-state index in [-0.39, 0.29) is 355 Å². The zero-order valence-corrected chi connectivity index (χ0v) is 90.1. The van der Waals surface area contributed by atoms with Gasteiger partial charge in [0.1, 0.15) is 69.0 Å².